The Kier molecular flexibility index (Phi) is 73.3. The molecule has 0 saturated heterocycles. The number of nitrogens with one attached hydrogen (secondary N) is 1. The molecule has 6 heteroatoms. The largest absolute Gasteiger partial charge is 0.466 e. The Balaban J connectivity index is 3.24. The van der Waals surface area contributed by atoms with Crippen LogP contribution in [0, 0.1) is 0 Å². The van der Waals surface area contributed by atoms with Crippen LogP contribution in [0.3, 0.4) is 0 Å². The zero-order valence-electron chi connectivity index (χ0n) is 57.7. The van der Waals surface area contributed by atoms with E-state index < -0.39 is 12.1 Å². The van der Waals surface area contributed by atoms with Gasteiger partial charge in [0.25, 0.3) is 0 Å². The molecule has 0 aromatic carbocycles. The van der Waals surface area contributed by atoms with Crippen LogP contribution in [0.25, 0.3) is 0 Å². The standard InChI is InChI=1S/C78H155NO5/c1-3-5-7-9-11-13-15-16-17-18-43-46-49-52-56-60-64-68-72-78(83)84-73-69-65-61-57-53-50-47-44-41-39-37-35-33-31-29-27-25-23-21-19-20-22-24-26-28-30-32-34-36-38-40-42-45-48-51-55-59-63-67-71-77(82)79-75(74-80)76(81)70-66-62-58-54-14-12-10-8-6-4-2/h75-76,80-81H,3-74H2,1-2H3,(H,79,82). The molecule has 0 radical (unpaired) electrons. The summed E-state index contributed by atoms with van der Waals surface area (Å²) < 4.78 is 5.52. The minimum Gasteiger partial charge on any atom is -0.466 e. The van der Waals surface area contributed by atoms with Crippen LogP contribution in [-0.4, -0.2) is 47.4 Å². The number of esters is 1. The maximum atomic E-state index is 12.5. The van der Waals surface area contributed by atoms with E-state index in [-0.39, 0.29) is 18.5 Å². The molecular formula is C78H155NO5. The highest BCUT2D eigenvalue weighted by atomic mass is 16.5. The molecule has 0 aliphatic carbocycles. The van der Waals surface area contributed by atoms with Gasteiger partial charge in [-0.3, -0.25) is 9.59 Å². The Labute approximate surface area is 527 Å². The molecule has 502 valence electrons. The van der Waals surface area contributed by atoms with E-state index in [0.29, 0.717) is 25.9 Å². The molecule has 2 unspecified atom stereocenters. The first kappa shape index (κ1) is 82.9. The van der Waals surface area contributed by atoms with E-state index in [4.69, 9.17) is 4.74 Å². The lowest BCUT2D eigenvalue weighted by Gasteiger charge is -2.22. The minimum atomic E-state index is -0.657. The topological polar surface area (TPSA) is 95.9 Å². The van der Waals surface area contributed by atoms with Gasteiger partial charge < -0.3 is 20.3 Å². The average molecular weight is 1190 g/mol. The fraction of sp³-hybridized carbons (Fsp3) is 0.974. The fourth-order valence-electron chi connectivity index (χ4n) is 12.9. The van der Waals surface area contributed by atoms with Gasteiger partial charge in [-0.1, -0.05) is 425 Å². The number of ether oxygens (including phenoxy) is 1. The van der Waals surface area contributed by atoms with Crippen LogP contribution in [0.15, 0.2) is 0 Å². The summed E-state index contributed by atoms with van der Waals surface area (Å²) in [7, 11) is 0. The molecule has 2 atom stereocenters. The van der Waals surface area contributed by atoms with E-state index in [1.54, 1.807) is 0 Å². The van der Waals surface area contributed by atoms with Gasteiger partial charge in [-0.2, -0.15) is 0 Å². The fourth-order valence-corrected chi connectivity index (χ4v) is 12.9. The second-order valence-corrected chi connectivity index (χ2v) is 27.4. The van der Waals surface area contributed by atoms with E-state index in [1.165, 1.54) is 392 Å². The van der Waals surface area contributed by atoms with Crippen molar-refractivity contribution in [2.24, 2.45) is 0 Å². The van der Waals surface area contributed by atoms with Crippen molar-refractivity contribution in [1.29, 1.82) is 0 Å². The van der Waals surface area contributed by atoms with Crippen molar-refractivity contribution in [1.82, 2.24) is 5.32 Å². The van der Waals surface area contributed by atoms with Crippen LogP contribution in [0.4, 0.5) is 0 Å². The van der Waals surface area contributed by atoms with Gasteiger partial charge in [0.15, 0.2) is 0 Å². The lowest BCUT2D eigenvalue weighted by molar-refractivity contribution is -0.143. The van der Waals surface area contributed by atoms with Gasteiger partial charge in [0.1, 0.15) is 0 Å². The van der Waals surface area contributed by atoms with Gasteiger partial charge >= 0.3 is 5.97 Å². The third-order valence-electron chi connectivity index (χ3n) is 18.9. The smallest absolute Gasteiger partial charge is 0.305 e. The average Bonchev–Trinajstić information content (AvgIpc) is 3.51. The normalized spacial score (nSPS) is 12.4. The maximum absolute atomic E-state index is 12.5. The molecule has 0 aromatic rings. The molecule has 0 aliphatic rings. The van der Waals surface area contributed by atoms with E-state index in [9.17, 15) is 19.8 Å². The van der Waals surface area contributed by atoms with Crippen molar-refractivity contribution in [3.05, 3.63) is 0 Å². The monoisotopic (exact) mass is 1190 g/mol. The first-order chi connectivity index (χ1) is 41.5. The van der Waals surface area contributed by atoms with Crippen molar-refractivity contribution < 1.29 is 24.5 Å². The van der Waals surface area contributed by atoms with Gasteiger partial charge in [0.2, 0.25) is 5.91 Å². The maximum Gasteiger partial charge on any atom is 0.305 e. The van der Waals surface area contributed by atoms with E-state index >= 15 is 0 Å². The summed E-state index contributed by atoms with van der Waals surface area (Å²) in [5, 5.41) is 23.2. The van der Waals surface area contributed by atoms with Gasteiger partial charge in [-0.05, 0) is 25.7 Å². The van der Waals surface area contributed by atoms with E-state index in [0.717, 1.165) is 38.5 Å². The van der Waals surface area contributed by atoms with Gasteiger partial charge in [-0.25, -0.2) is 0 Å². The summed E-state index contributed by atoms with van der Waals surface area (Å²) in [6.45, 7) is 4.99. The third kappa shape index (κ3) is 70.0. The highest BCUT2D eigenvalue weighted by molar-refractivity contribution is 5.76. The molecule has 0 rings (SSSR count). The van der Waals surface area contributed by atoms with Crippen molar-refractivity contribution in [3.8, 4) is 0 Å². The molecule has 1 amide bonds. The lowest BCUT2D eigenvalue weighted by Crippen LogP contribution is -2.45. The van der Waals surface area contributed by atoms with Crippen molar-refractivity contribution in [3.63, 3.8) is 0 Å². The predicted octanol–water partition coefficient (Wildman–Crippen LogP) is 25.7. The van der Waals surface area contributed by atoms with Crippen LogP contribution in [0.5, 0.6) is 0 Å². The van der Waals surface area contributed by atoms with Crippen LogP contribution >= 0.6 is 0 Å². The number of amides is 1. The SMILES string of the molecule is CCCCCCCCCCCCCCCCCCCCC(=O)OCCCCCCCCCCCCCCCCCCCCCCCCCCCCCCCCCCCCCCCCCC(=O)NC(CO)C(O)CCCCCCCCCCCC. The van der Waals surface area contributed by atoms with E-state index in [1.807, 2.05) is 0 Å². The van der Waals surface area contributed by atoms with Crippen LogP contribution in [0.1, 0.15) is 463 Å². The predicted molar refractivity (Wildman–Crippen MR) is 371 cm³/mol. The van der Waals surface area contributed by atoms with Crippen LogP contribution in [-0.2, 0) is 14.3 Å². The Bertz CT molecular complexity index is 1230. The Morgan fingerprint density at radius 3 is 0.726 bits per heavy atom. The second kappa shape index (κ2) is 74.3. The summed E-state index contributed by atoms with van der Waals surface area (Å²) in [5.41, 5.74) is 0. The molecule has 0 saturated carbocycles. The first-order valence-corrected chi connectivity index (χ1v) is 39.3. The molecule has 0 heterocycles. The Morgan fingerprint density at radius 2 is 0.488 bits per heavy atom. The first-order valence-electron chi connectivity index (χ1n) is 39.3. The van der Waals surface area contributed by atoms with Crippen LogP contribution in [0.2, 0.25) is 0 Å². The number of hydrogen-bond donors (Lipinski definition) is 3. The van der Waals surface area contributed by atoms with Crippen molar-refractivity contribution in [2.45, 2.75) is 475 Å². The summed E-state index contributed by atoms with van der Waals surface area (Å²) in [4.78, 5) is 24.6. The molecule has 3 N–H and O–H groups in total. The van der Waals surface area contributed by atoms with Crippen LogP contribution < -0.4 is 5.32 Å². The Hall–Kier alpha value is -1.14. The van der Waals surface area contributed by atoms with Gasteiger partial charge in [0, 0.05) is 12.8 Å². The Morgan fingerprint density at radius 1 is 0.286 bits per heavy atom. The molecule has 6 nitrogen and oxygen atoms in total. The molecular weight excluding hydrogens is 1030 g/mol. The number of aliphatic hydroxyl groups excluding tert-OH is 2. The summed E-state index contributed by atoms with van der Waals surface area (Å²) >= 11 is 0. The highest BCUT2D eigenvalue weighted by Crippen LogP contribution is 2.21. The number of carbonyl (C=O) groups is 2. The second-order valence-electron chi connectivity index (χ2n) is 27.4. The molecule has 0 aliphatic heterocycles. The van der Waals surface area contributed by atoms with Gasteiger partial charge in [0.05, 0.1) is 25.4 Å². The third-order valence-corrected chi connectivity index (χ3v) is 18.9. The summed E-state index contributed by atoms with van der Waals surface area (Å²) in [6, 6.07) is -0.534. The molecule has 84 heavy (non-hydrogen) atoms. The highest BCUT2D eigenvalue weighted by Gasteiger charge is 2.20. The molecule has 0 fully saturated rings. The molecule has 0 aromatic heterocycles. The van der Waals surface area contributed by atoms with Gasteiger partial charge in [-0.15, -0.1) is 0 Å². The summed E-state index contributed by atoms with van der Waals surface area (Å²) in [5.74, 6) is 0.00217. The minimum absolute atomic E-state index is 0.0276. The van der Waals surface area contributed by atoms with Crippen molar-refractivity contribution in [2.75, 3.05) is 13.2 Å². The number of hydrogen-bond acceptors (Lipinski definition) is 5. The molecule has 0 bridgehead atoms. The number of carbonyl (C=O) groups excluding carboxylic acids is 2. The molecule has 0 spiro atoms. The van der Waals surface area contributed by atoms with E-state index in [2.05, 4.69) is 19.2 Å². The summed E-state index contributed by atoms with van der Waals surface area (Å²) in [6.07, 6.45) is 92.2. The number of unbranched alkanes of at least 4 members (excludes halogenated alkanes) is 64. The zero-order chi connectivity index (χ0) is 60.6. The zero-order valence-corrected chi connectivity index (χ0v) is 57.7. The number of aliphatic hydroxyl groups is 2. The lowest BCUT2D eigenvalue weighted by atomic mass is 10.0. The number of rotatable bonds is 75. The quantitative estimate of drug-likeness (QED) is 0.0417. The van der Waals surface area contributed by atoms with Crippen molar-refractivity contribution >= 4 is 11.9 Å².